The molecule has 0 radical (unpaired) electrons. The Morgan fingerprint density at radius 1 is 1.19 bits per heavy atom. The Hall–Kier alpha value is -1.11. The molecule has 0 aromatic carbocycles. The second kappa shape index (κ2) is 6.34. The highest BCUT2D eigenvalue weighted by atomic mass is 35.5. The van der Waals surface area contributed by atoms with Crippen molar-refractivity contribution in [1.82, 2.24) is 19.7 Å². The number of halogens is 1. The number of hydrogen-bond acceptors (Lipinski definition) is 5. The molecule has 0 N–H and O–H groups in total. The molecule has 0 bridgehead atoms. The molecule has 1 fully saturated rings. The van der Waals surface area contributed by atoms with Crippen LogP contribution in [0.4, 0.5) is 5.13 Å². The molecule has 7 heteroatoms. The molecule has 2 aromatic heterocycles. The fraction of sp³-hybridized carbons (Fsp3) is 0.571. The van der Waals surface area contributed by atoms with E-state index >= 15 is 0 Å². The van der Waals surface area contributed by atoms with Gasteiger partial charge in [-0.05, 0) is 26.0 Å². The molecular weight excluding hydrogens is 306 g/mol. The van der Waals surface area contributed by atoms with Crippen LogP contribution < -0.4 is 4.90 Å². The van der Waals surface area contributed by atoms with Crippen molar-refractivity contribution in [2.24, 2.45) is 0 Å². The number of aromatic nitrogens is 3. The number of hydrogen-bond donors (Lipinski definition) is 0. The third-order valence-electron chi connectivity index (χ3n) is 3.89. The van der Waals surface area contributed by atoms with Crippen LogP contribution in [0.3, 0.4) is 0 Å². The summed E-state index contributed by atoms with van der Waals surface area (Å²) in [5.41, 5.74) is 1.05. The van der Waals surface area contributed by atoms with Crippen molar-refractivity contribution in [3.05, 3.63) is 24.0 Å². The van der Waals surface area contributed by atoms with E-state index in [2.05, 4.69) is 33.8 Å². The average molecular weight is 326 g/mol. The fourth-order valence-electron chi connectivity index (χ4n) is 2.57. The molecule has 0 unspecified atom stereocenters. The Bertz CT molecular complexity index is 586. The maximum absolute atomic E-state index is 5.94. The van der Waals surface area contributed by atoms with E-state index in [0.717, 1.165) is 42.1 Å². The molecule has 3 rings (SSSR count). The molecule has 0 aliphatic carbocycles. The van der Waals surface area contributed by atoms with E-state index in [9.17, 15) is 0 Å². The molecule has 2 aromatic rings. The van der Waals surface area contributed by atoms with Crippen LogP contribution in [0.2, 0.25) is 0 Å². The molecule has 0 saturated carbocycles. The van der Waals surface area contributed by atoms with E-state index in [4.69, 9.17) is 11.6 Å². The first-order valence-electron chi connectivity index (χ1n) is 7.24. The molecule has 21 heavy (non-hydrogen) atoms. The predicted molar refractivity (Wildman–Crippen MR) is 87.7 cm³/mol. The van der Waals surface area contributed by atoms with Crippen LogP contribution in [-0.4, -0.2) is 51.9 Å². The second-order valence-electron chi connectivity index (χ2n) is 5.49. The van der Waals surface area contributed by atoms with E-state index < -0.39 is 0 Å². The molecule has 1 aliphatic rings. The minimum absolute atomic E-state index is 0.481. The van der Waals surface area contributed by atoms with Gasteiger partial charge in [0.05, 0.1) is 5.88 Å². The maximum Gasteiger partial charge on any atom is 0.218 e. The van der Waals surface area contributed by atoms with Crippen molar-refractivity contribution in [3.63, 3.8) is 0 Å². The smallest absolute Gasteiger partial charge is 0.218 e. The Balaban J connectivity index is 1.71. The zero-order valence-corrected chi connectivity index (χ0v) is 13.9. The molecule has 0 spiro atoms. The highest BCUT2D eigenvalue weighted by Gasteiger charge is 2.21. The summed E-state index contributed by atoms with van der Waals surface area (Å²) in [5.74, 6) is 0.481. The summed E-state index contributed by atoms with van der Waals surface area (Å²) >= 11 is 7.57. The van der Waals surface area contributed by atoms with Crippen LogP contribution in [0.5, 0.6) is 0 Å². The minimum atomic E-state index is 0.481. The van der Waals surface area contributed by atoms with Crippen molar-refractivity contribution < 1.29 is 0 Å². The molecule has 0 amide bonds. The fourth-order valence-corrected chi connectivity index (χ4v) is 3.71. The lowest BCUT2D eigenvalue weighted by Gasteiger charge is -2.36. The Morgan fingerprint density at radius 2 is 1.90 bits per heavy atom. The molecule has 1 aliphatic heterocycles. The van der Waals surface area contributed by atoms with Gasteiger partial charge in [-0.25, -0.2) is 0 Å². The Labute approximate surface area is 134 Å². The quantitative estimate of drug-likeness (QED) is 0.810. The van der Waals surface area contributed by atoms with Crippen molar-refractivity contribution >= 4 is 28.1 Å². The van der Waals surface area contributed by atoms with Crippen molar-refractivity contribution in [3.8, 4) is 5.13 Å². The van der Waals surface area contributed by atoms with E-state index in [1.807, 2.05) is 22.9 Å². The summed E-state index contributed by atoms with van der Waals surface area (Å²) in [6, 6.07) is 4.61. The van der Waals surface area contributed by atoms with Crippen molar-refractivity contribution in [2.75, 3.05) is 31.1 Å². The first kappa shape index (κ1) is 14.8. The highest BCUT2D eigenvalue weighted by Crippen LogP contribution is 2.26. The topological polar surface area (TPSA) is 37.2 Å². The van der Waals surface area contributed by atoms with E-state index in [1.165, 1.54) is 0 Å². The normalized spacial score (nSPS) is 16.9. The molecule has 114 valence electrons. The third kappa shape index (κ3) is 3.07. The van der Waals surface area contributed by atoms with Crippen LogP contribution in [0.1, 0.15) is 19.5 Å². The summed E-state index contributed by atoms with van der Waals surface area (Å²) in [6.45, 7) is 8.70. The van der Waals surface area contributed by atoms with Crippen LogP contribution >= 0.6 is 22.9 Å². The predicted octanol–water partition coefficient (Wildman–Crippen LogP) is 2.60. The monoisotopic (exact) mass is 325 g/mol. The lowest BCUT2D eigenvalue weighted by Crippen LogP contribution is -2.48. The van der Waals surface area contributed by atoms with Gasteiger partial charge in [0.2, 0.25) is 10.3 Å². The van der Waals surface area contributed by atoms with E-state index in [0.29, 0.717) is 11.9 Å². The first-order valence-corrected chi connectivity index (χ1v) is 8.59. The van der Waals surface area contributed by atoms with Gasteiger partial charge in [0.25, 0.3) is 0 Å². The third-order valence-corrected chi connectivity index (χ3v) is 5.15. The summed E-state index contributed by atoms with van der Waals surface area (Å²) in [7, 11) is 0. The van der Waals surface area contributed by atoms with Crippen LogP contribution in [0, 0.1) is 0 Å². The standard InChI is InChI=1S/C14H20ClN5S/c1-11(2)18-6-8-19(9-7-18)13-16-17-14(21-13)20-5-3-4-12(20)10-15/h3-5,11H,6-10H2,1-2H3. The Morgan fingerprint density at radius 3 is 2.57 bits per heavy atom. The number of anilines is 1. The number of alkyl halides is 1. The lowest BCUT2D eigenvalue weighted by molar-refractivity contribution is 0.209. The first-order chi connectivity index (χ1) is 10.2. The zero-order chi connectivity index (χ0) is 14.8. The number of rotatable bonds is 4. The zero-order valence-electron chi connectivity index (χ0n) is 12.4. The molecule has 1 saturated heterocycles. The average Bonchev–Trinajstić information content (AvgIpc) is 3.15. The summed E-state index contributed by atoms with van der Waals surface area (Å²) in [4.78, 5) is 4.82. The van der Waals surface area contributed by atoms with Crippen LogP contribution in [0.25, 0.3) is 5.13 Å². The highest BCUT2D eigenvalue weighted by molar-refractivity contribution is 7.17. The van der Waals surface area contributed by atoms with Gasteiger partial charge in [-0.3, -0.25) is 9.47 Å². The van der Waals surface area contributed by atoms with Gasteiger partial charge in [0.15, 0.2) is 0 Å². The summed E-state index contributed by atoms with van der Waals surface area (Å²) < 4.78 is 2.01. The van der Waals surface area contributed by atoms with Gasteiger partial charge in [-0.15, -0.1) is 21.8 Å². The second-order valence-corrected chi connectivity index (χ2v) is 6.69. The summed E-state index contributed by atoms with van der Waals surface area (Å²) in [6.07, 6.45) is 1.98. The van der Waals surface area contributed by atoms with Crippen LogP contribution in [-0.2, 0) is 5.88 Å². The molecular formula is C14H20ClN5S. The summed E-state index contributed by atoms with van der Waals surface area (Å²) in [5, 5.41) is 10.6. The van der Waals surface area contributed by atoms with Gasteiger partial charge in [0.1, 0.15) is 0 Å². The lowest BCUT2D eigenvalue weighted by atomic mass is 10.2. The van der Waals surface area contributed by atoms with Gasteiger partial charge in [-0.1, -0.05) is 11.3 Å². The van der Waals surface area contributed by atoms with Gasteiger partial charge in [-0.2, -0.15) is 0 Å². The SMILES string of the molecule is CC(C)N1CCN(c2nnc(-n3cccc3CCl)s2)CC1. The van der Waals surface area contributed by atoms with E-state index in [-0.39, 0.29) is 0 Å². The molecule has 3 heterocycles. The maximum atomic E-state index is 5.94. The molecule has 0 atom stereocenters. The van der Waals surface area contributed by atoms with Gasteiger partial charge < -0.3 is 4.90 Å². The largest absolute Gasteiger partial charge is 0.344 e. The van der Waals surface area contributed by atoms with Gasteiger partial charge in [0, 0.05) is 44.1 Å². The van der Waals surface area contributed by atoms with Crippen molar-refractivity contribution in [1.29, 1.82) is 0 Å². The van der Waals surface area contributed by atoms with Crippen molar-refractivity contribution in [2.45, 2.75) is 25.8 Å². The minimum Gasteiger partial charge on any atom is -0.344 e. The Kier molecular flexibility index (Phi) is 4.47. The molecule has 5 nitrogen and oxygen atoms in total. The van der Waals surface area contributed by atoms with Crippen LogP contribution in [0.15, 0.2) is 18.3 Å². The number of piperazine rings is 1. The van der Waals surface area contributed by atoms with Gasteiger partial charge >= 0.3 is 0 Å². The van der Waals surface area contributed by atoms with E-state index in [1.54, 1.807) is 11.3 Å². The number of nitrogens with zero attached hydrogens (tertiary/aromatic N) is 5.